The maximum atomic E-state index is 12.8. The van der Waals surface area contributed by atoms with Gasteiger partial charge in [-0.25, -0.2) is 21.6 Å². The van der Waals surface area contributed by atoms with Crippen LogP contribution in [0.15, 0.2) is 77.7 Å². The van der Waals surface area contributed by atoms with Gasteiger partial charge in [-0.05, 0) is 54.4 Å². The standard InChI is InChI=1S/C25H30N2O5S2/c1-20-4-6-22(7-5-20)19-27(16-17-33(3,28)29)23-10-14-25(15-11-23)34(30,31)26-18-21-8-12-24(32-2)13-9-21/h4-15,26H,16-19H2,1-3H3. The smallest absolute Gasteiger partial charge is 0.240 e. The van der Waals surface area contributed by atoms with Crippen molar-refractivity contribution in [3.8, 4) is 5.75 Å². The van der Waals surface area contributed by atoms with Crippen LogP contribution in [0.4, 0.5) is 5.69 Å². The number of aryl methyl sites for hydroxylation is 1. The van der Waals surface area contributed by atoms with Gasteiger partial charge in [-0.2, -0.15) is 0 Å². The molecule has 1 N–H and O–H groups in total. The van der Waals surface area contributed by atoms with Crippen LogP contribution in [0.3, 0.4) is 0 Å². The summed E-state index contributed by atoms with van der Waals surface area (Å²) >= 11 is 0. The Morgan fingerprint density at radius 3 is 1.97 bits per heavy atom. The monoisotopic (exact) mass is 502 g/mol. The van der Waals surface area contributed by atoms with Gasteiger partial charge in [0.1, 0.15) is 15.6 Å². The highest BCUT2D eigenvalue weighted by Crippen LogP contribution is 2.21. The lowest BCUT2D eigenvalue weighted by atomic mass is 10.1. The van der Waals surface area contributed by atoms with E-state index in [9.17, 15) is 16.8 Å². The number of sulfonamides is 1. The lowest BCUT2D eigenvalue weighted by Crippen LogP contribution is -2.29. The van der Waals surface area contributed by atoms with Crippen molar-refractivity contribution in [2.45, 2.75) is 24.9 Å². The van der Waals surface area contributed by atoms with E-state index in [0.717, 1.165) is 22.4 Å². The summed E-state index contributed by atoms with van der Waals surface area (Å²) in [5.74, 6) is 0.704. The first kappa shape index (κ1) is 25.7. The van der Waals surface area contributed by atoms with E-state index in [0.29, 0.717) is 18.8 Å². The maximum absolute atomic E-state index is 12.8. The zero-order chi connectivity index (χ0) is 24.8. The van der Waals surface area contributed by atoms with E-state index in [-0.39, 0.29) is 17.2 Å². The lowest BCUT2D eigenvalue weighted by Gasteiger charge is -2.25. The third-order valence-corrected chi connectivity index (χ3v) is 7.70. The van der Waals surface area contributed by atoms with Gasteiger partial charge in [-0.15, -0.1) is 0 Å². The van der Waals surface area contributed by atoms with Crippen molar-refractivity contribution in [1.82, 2.24) is 4.72 Å². The fraction of sp³-hybridized carbons (Fsp3) is 0.280. The Hall–Kier alpha value is -2.88. The first-order valence-electron chi connectivity index (χ1n) is 10.8. The Morgan fingerprint density at radius 1 is 0.824 bits per heavy atom. The van der Waals surface area contributed by atoms with Crippen LogP contribution in [0.1, 0.15) is 16.7 Å². The largest absolute Gasteiger partial charge is 0.497 e. The molecule has 0 aliphatic rings. The number of hydrogen-bond donors (Lipinski definition) is 1. The van der Waals surface area contributed by atoms with E-state index < -0.39 is 19.9 Å². The number of rotatable bonds is 11. The van der Waals surface area contributed by atoms with Gasteiger partial charge in [0.05, 0.1) is 17.8 Å². The minimum Gasteiger partial charge on any atom is -0.497 e. The average Bonchev–Trinajstić information content (AvgIpc) is 2.81. The number of ether oxygens (including phenoxy) is 1. The Balaban J connectivity index is 1.74. The molecule has 0 spiro atoms. The van der Waals surface area contributed by atoms with Crippen LogP contribution >= 0.6 is 0 Å². The quantitative estimate of drug-likeness (QED) is 0.431. The highest BCUT2D eigenvalue weighted by atomic mass is 32.2. The molecule has 34 heavy (non-hydrogen) atoms. The Kier molecular flexibility index (Phi) is 8.35. The van der Waals surface area contributed by atoms with Gasteiger partial charge in [0.15, 0.2) is 0 Å². The fourth-order valence-electron chi connectivity index (χ4n) is 3.33. The number of methoxy groups -OCH3 is 1. The van der Waals surface area contributed by atoms with Crippen molar-refractivity contribution < 1.29 is 21.6 Å². The molecule has 0 unspecified atom stereocenters. The van der Waals surface area contributed by atoms with E-state index >= 15 is 0 Å². The second-order valence-electron chi connectivity index (χ2n) is 8.20. The van der Waals surface area contributed by atoms with E-state index in [1.807, 2.05) is 36.1 Å². The summed E-state index contributed by atoms with van der Waals surface area (Å²) in [6, 6.07) is 21.7. The zero-order valence-electron chi connectivity index (χ0n) is 19.6. The Morgan fingerprint density at radius 2 is 1.41 bits per heavy atom. The van der Waals surface area contributed by atoms with Crippen molar-refractivity contribution in [1.29, 1.82) is 0 Å². The van der Waals surface area contributed by atoms with E-state index in [2.05, 4.69) is 4.72 Å². The topological polar surface area (TPSA) is 92.8 Å². The summed E-state index contributed by atoms with van der Waals surface area (Å²) in [4.78, 5) is 2.08. The molecular weight excluding hydrogens is 472 g/mol. The minimum absolute atomic E-state index is 0.00231. The molecule has 0 bridgehead atoms. The first-order valence-corrected chi connectivity index (χ1v) is 14.3. The summed E-state index contributed by atoms with van der Waals surface area (Å²) in [5.41, 5.74) is 3.74. The van der Waals surface area contributed by atoms with Crippen LogP contribution in [-0.4, -0.2) is 42.5 Å². The molecule has 0 heterocycles. The SMILES string of the molecule is COc1ccc(CNS(=O)(=O)c2ccc(N(CCS(C)(=O)=O)Cc3ccc(C)cc3)cc2)cc1. The number of nitrogens with zero attached hydrogens (tertiary/aromatic N) is 1. The number of hydrogen-bond acceptors (Lipinski definition) is 6. The third kappa shape index (κ3) is 7.58. The van der Waals surface area contributed by atoms with Gasteiger partial charge < -0.3 is 9.64 Å². The zero-order valence-corrected chi connectivity index (χ0v) is 21.2. The number of nitrogens with one attached hydrogen (secondary N) is 1. The molecule has 0 saturated carbocycles. The number of benzene rings is 3. The van der Waals surface area contributed by atoms with E-state index in [1.54, 1.807) is 43.5 Å². The molecule has 0 aliphatic carbocycles. The summed E-state index contributed by atoms with van der Waals surface area (Å²) < 4.78 is 56.8. The van der Waals surface area contributed by atoms with Crippen molar-refractivity contribution in [2.75, 3.05) is 30.6 Å². The molecule has 0 amide bonds. The van der Waals surface area contributed by atoms with E-state index in [4.69, 9.17) is 4.74 Å². The van der Waals surface area contributed by atoms with Crippen molar-refractivity contribution in [2.24, 2.45) is 0 Å². The van der Waals surface area contributed by atoms with Gasteiger partial charge in [-0.1, -0.05) is 42.0 Å². The average molecular weight is 503 g/mol. The molecular formula is C25H30N2O5S2. The molecule has 3 aromatic rings. The lowest BCUT2D eigenvalue weighted by molar-refractivity contribution is 0.414. The minimum atomic E-state index is -3.71. The molecule has 9 heteroatoms. The van der Waals surface area contributed by atoms with Crippen molar-refractivity contribution in [3.05, 3.63) is 89.5 Å². The molecule has 7 nitrogen and oxygen atoms in total. The highest BCUT2D eigenvalue weighted by Gasteiger charge is 2.16. The van der Waals surface area contributed by atoms with Crippen LogP contribution in [0.25, 0.3) is 0 Å². The Bertz CT molecular complexity index is 1290. The summed E-state index contributed by atoms with van der Waals surface area (Å²) in [6.07, 6.45) is 1.21. The molecule has 0 saturated heterocycles. The summed E-state index contributed by atoms with van der Waals surface area (Å²) in [6.45, 7) is 2.97. The van der Waals surface area contributed by atoms with Crippen LogP contribution in [0.5, 0.6) is 5.75 Å². The van der Waals surface area contributed by atoms with Crippen LogP contribution < -0.4 is 14.4 Å². The molecule has 182 valence electrons. The second kappa shape index (κ2) is 11.0. The molecule has 0 aromatic heterocycles. The van der Waals surface area contributed by atoms with Crippen LogP contribution in [-0.2, 0) is 33.0 Å². The molecule has 0 radical (unpaired) electrons. The van der Waals surface area contributed by atoms with Gasteiger partial charge in [0.2, 0.25) is 10.0 Å². The molecule has 3 aromatic carbocycles. The third-order valence-electron chi connectivity index (χ3n) is 5.36. The van der Waals surface area contributed by atoms with Gasteiger partial charge in [0, 0.05) is 31.6 Å². The van der Waals surface area contributed by atoms with E-state index in [1.165, 1.54) is 18.4 Å². The van der Waals surface area contributed by atoms with Gasteiger partial charge >= 0.3 is 0 Å². The summed E-state index contributed by atoms with van der Waals surface area (Å²) in [7, 11) is -5.29. The molecule has 0 aliphatic heterocycles. The molecule has 0 atom stereocenters. The van der Waals surface area contributed by atoms with Crippen LogP contribution in [0.2, 0.25) is 0 Å². The second-order valence-corrected chi connectivity index (χ2v) is 12.2. The normalized spacial score (nSPS) is 11.9. The Labute approximate surface area is 202 Å². The van der Waals surface area contributed by atoms with Gasteiger partial charge in [0.25, 0.3) is 0 Å². The number of sulfone groups is 1. The predicted octanol–water partition coefficient (Wildman–Crippen LogP) is 3.53. The van der Waals surface area contributed by atoms with Crippen LogP contribution in [0, 0.1) is 6.92 Å². The number of anilines is 1. The molecule has 0 fully saturated rings. The fourth-order valence-corrected chi connectivity index (χ4v) is 4.90. The maximum Gasteiger partial charge on any atom is 0.240 e. The highest BCUT2D eigenvalue weighted by molar-refractivity contribution is 7.90. The first-order chi connectivity index (χ1) is 16.1. The van der Waals surface area contributed by atoms with Crippen molar-refractivity contribution in [3.63, 3.8) is 0 Å². The molecule has 3 rings (SSSR count). The van der Waals surface area contributed by atoms with Crippen molar-refractivity contribution >= 4 is 25.5 Å². The summed E-state index contributed by atoms with van der Waals surface area (Å²) in [5, 5.41) is 0. The van der Waals surface area contributed by atoms with Gasteiger partial charge in [-0.3, -0.25) is 0 Å². The predicted molar refractivity (Wildman–Crippen MR) is 135 cm³/mol.